The zero-order valence-corrected chi connectivity index (χ0v) is 13.7. The zero-order chi connectivity index (χ0) is 13.8. The van der Waals surface area contributed by atoms with E-state index in [1.54, 1.807) is 0 Å². The van der Waals surface area contributed by atoms with Gasteiger partial charge in [0.1, 0.15) is 0 Å². The Bertz CT molecular complexity index is 149. The first kappa shape index (κ1) is 18.0. The van der Waals surface area contributed by atoms with Crippen LogP contribution in [0.1, 0.15) is 79.1 Å². The van der Waals surface area contributed by atoms with Crippen molar-refractivity contribution in [2.45, 2.75) is 79.1 Å². The van der Waals surface area contributed by atoms with E-state index in [9.17, 15) is 0 Å². The van der Waals surface area contributed by atoms with Crippen molar-refractivity contribution in [3.63, 3.8) is 0 Å². The van der Waals surface area contributed by atoms with Crippen LogP contribution < -0.4 is 0 Å². The van der Waals surface area contributed by atoms with Gasteiger partial charge in [0.2, 0.25) is 0 Å². The highest BCUT2D eigenvalue weighted by atomic mass is 15.1. The van der Waals surface area contributed by atoms with Gasteiger partial charge in [-0.1, -0.05) is 66.2 Å². The predicted molar refractivity (Wildman–Crippen MR) is 84.1 cm³/mol. The topological polar surface area (TPSA) is 3.24 Å². The summed E-state index contributed by atoms with van der Waals surface area (Å²) < 4.78 is 0. The zero-order valence-electron chi connectivity index (χ0n) is 13.7. The maximum atomic E-state index is 2.59. The molecule has 1 heteroatoms. The molecule has 110 valence electrons. The maximum absolute atomic E-state index is 2.59. The van der Waals surface area contributed by atoms with Gasteiger partial charge >= 0.3 is 0 Å². The van der Waals surface area contributed by atoms with Gasteiger partial charge in [-0.2, -0.15) is 0 Å². The monoisotopic (exact) mass is 255 g/mol. The Kier molecular flexibility index (Phi) is 12.0. The third-order valence-corrected chi connectivity index (χ3v) is 4.23. The quantitative estimate of drug-likeness (QED) is 0.454. The van der Waals surface area contributed by atoms with Crippen LogP contribution in [0.2, 0.25) is 0 Å². The van der Waals surface area contributed by atoms with E-state index in [1.165, 1.54) is 64.5 Å². The SMILES string of the molecule is CCCC[C@@H](CC)CN(C)C[C@@H](CC)CCCC. The molecule has 0 aliphatic carbocycles. The third kappa shape index (κ3) is 8.97. The second-order valence-electron chi connectivity index (χ2n) is 6.05. The normalized spacial score (nSPS) is 15.0. The minimum atomic E-state index is 0.915. The fourth-order valence-corrected chi connectivity index (χ4v) is 2.79. The molecule has 2 atom stereocenters. The molecule has 0 amide bonds. The molecular formula is C17H37N. The summed E-state index contributed by atoms with van der Waals surface area (Å²) in [4.78, 5) is 2.59. The average Bonchev–Trinajstić information content (AvgIpc) is 2.39. The van der Waals surface area contributed by atoms with Crippen molar-refractivity contribution < 1.29 is 0 Å². The molecular weight excluding hydrogens is 218 g/mol. The van der Waals surface area contributed by atoms with Gasteiger partial charge in [0.15, 0.2) is 0 Å². The third-order valence-electron chi connectivity index (χ3n) is 4.23. The van der Waals surface area contributed by atoms with Gasteiger partial charge in [-0.15, -0.1) is 0 Å². The number of nitrogens with zero attached hydrogens (tertiary/aromatic N) is 1. The molecule has 0 saturated carbocycles. The fraction of sp³-hybridized carbons (Fsp3) is 1.00. The summed E-state index contributed by atoms with van der Waals surface area (Å²) in [6, 6.07) is 0. The molecule has 0 spiro atoms. The van der Waals surface area contributed by atoms with Crippen molar-refractivity contribution in [3.05, 3.63) is 0 Å². The van der Waals surface area contributed by atoms with Crippen molar-refractivity contribution >= 4 is 0 Å². The Labute approximate surface area is 116 Å². The number of hydrogen-bond donors (Lipinski definition) is 0. The largest absolute Gasteiger partial charge is 0.306 e. The van der Waals surface area contributed by atoms with E-state index in [0.717, 1.165) is 11.8 Å². The Morgan fingerprint density at radius 1 is 0.722 bits per heavy atom. The van der Waals surface area contributed by atoms with Crippen LogP contribution >= 0.6 is 0 Å². The van der Waals surface area contributed by atoms with E-state index in [-0.39, 0.29) is 0 Å². The summed E-state index contributed by atoms with van der Waals surface area (Å²) in [5.41, 5.74) is 0. The first-order valence-corrected chi connectivity index (χ1v) is 8.36. The minimum absolute atomic E-state index is 0.915. The van der Waals surface area contributed by atoms with Gasteiger partial charge in [-0.05, 0) is 31.7 Å². The van der Waals surface area contributed by atoms with Crippen LogP contribution in [-0.4, -0.2) is 25.0 Å². The highest BCUT2D eigenvalue weighted by Gasteiger charge is 2.13. The number of rotatable bonds is 12. The van der Waals surface area contributed by atoms with Crippen molar-refractivity contribution in [3.8, 4) is 0 Å². The molecule has 0 radical (unpaired) electrons. The molecule has 0 aromatic rings. The summed E-state index contributed by atoms with van der Waals surface area (Å²) in [6.07, 6.45) is 11.0. The summed E-state index contributed by atoms with van der Waals surface area (Å²) in [5, 5.41) is 0. The van der Waals surface area contributed by atoms with Crippen LogP contribution in [0.15, 0.2) is 0 Å². The lowest BCUT2D eigenvalue weighted by Gasteiger charge is -2.27. The summed E-state index contributed by atoms with van der Waals surface area (Å²) >= 11 is 0. The lowest BCUT2D eigenvalue weighted by Crippen LogP contribution is -2.30. The van der Waals surface area contributed by atoms with E-state index in [4.69, 9.17) is 0 Å². The Balaban J connectivity index is 3.92. The Hall–Kier alpha value is -0.0400. The molecule has 0 saturated heterocycles. The van der Waals surface area contributed by atoms with Crippen LogP contribution in [0.3, 0.4) is 0 Å². The van der Waals surface area contributed by atoms with Gasteiger partial charge in [-0.25, -0.2) is 0 Å². The molecule has 1 nitrogen and oxygen atoms in total. The van der Waals surface area contributed by atoms with Crippen molar-refractivity contribution in [1.29, 1.82) is 0 Å². The summed E-state index contributed by atoms with van der Waals surface area (Å²) in [5.74, 6) is 1.83. The Morgan fingerprint density at radius 3 is 1.39 bits per heavy atom. The fourth-order valence-electron chi connectivity index (χ4n) is 2.79. The second-order valence-corrected chi connectivity index (χ2v) is 6.05. The molecule has 0 fully saturated rings. The molecule has 0 aromatic carbocycles. The molecule has 18 heavy (non-hydrogen) atoms. The molecule has 0 N–H and O–H groups in total. The molecule has 0 aliphatic heterocycles. The maximum Gasteiger partial charge on any atom is 0.000662 e. The highest BCUT2D eigenvalue weighted by Crippen LogP contribution is 2.17. The van der Waals surface area contributed by atoms with Crippen LogP contribution in [0.25, 0.3) is 0 Å². The van der Waals surface area contributed by atoms with Crippen molar-refractivity contribution in [2.24, 2.45) is 11.8 Å². The predicted octanol–water partition coefficient (Wildman–Crippen LogP) is 5.35. The van der Waals surface area contributed by atoms with E-state index < -0.39 is 0 Å². The molecule has 0 aliphatic rings. The lowest BCUT2D eigenvalue weighted by molar-refractivity contribution is 0.216. The molecule has 0 aromatic heterocycles. The van der Waals surface area contributed by atoms with Crippen molar-refractivity contribution in [2.75, 3.05) is 20.1 Å². The van der Waals surface area contributed by atoms with Crippen LogP contribution in [-0.2, 0) is 0 Å². The van der Waals surface area contributed by atoms with Crippen LogP contribution in [0.4, 0.5) is 0 Å². The first-order valence-electron chi connectivity index (χ1n) is 8.36. The standard InChI is InChI=1S/C17H37N/c1-6-10-12-16(8-3)14-18(5)15-17(9-4)13-11-7-2/h16-17H,6-15H2,1-5H3/t16-,17+. The smallest absolute Gasteiger partial charge is 0.000662 e. The molecule has 0 unspecified atom stereocenters. The molecule has 0 bridgehead atoms. The van der Waals surface area contributed by atoms with Gasteiger partial charge in [-0.3, -0.25) is 0 Å². The first-order chi connectivity index (χ1) is 8.67. The molecule has 0 rings (SSSR count). The van der Waals surface area contributed by atoms with Crippen molar-refractivity contribution in [1.82, 2.24) is 4.90 Å². The van der Waals surface area contributed by atoms with E-state index in [1.807, 2.05) is 0 Å². The average molecular weight is 255 g/mol. The van der Waals surface area contributed by atoms with Gasteiger partial charge in [0.25, 0.3) is 0 Å². The Morgan fingerprint density at radius 2 is 1.11 bits per heavy atom. The summed E-state index contributed by atoms with van der Waals surface area (Å²) in [7, 11) is 2.32. The van der Waals surface area contributed by atoms with Gasteiger partial charge in [0.05, 0.1) is 0 Å². The van der Waals surface area contributed by atoms with Crippen LogP contribution in [0, 0.1) is 11.8 Å². The summed E-state index contributed by atoms with van der Waals surface area (Å²) in [6.45, 7) is 11.9. The van der Waals surface area contributed by atoms with Gasteiger partial charge < -0.3 is 4.90 Å². The highest BCUT2D eigenvalue weighted by molar-refractivity contribution is 4.67. The van der Waals surface area contributed by atoms with Gasteiger partial charge in [0, 0.05) is 13.1 Å². The second kappa shape index (κ2) is 12.0. The minimum Gasteiger partial charge on any atom is -0.306 e. The van der Waals surface area contributed by atoms with E-state index in [2.05, 4.69) is 39.6 Å². The molecule has 0 heterocycles. The van der Waals surface area contributed by atoms with E-state index >= 15 is 0 Å². The number of hydrogen-bond acceptors (Lipinski definition) is 1. The lowest BCUT2D eigenvalue weighted by atomic mass is 9.96. The van der Waals surface area contributed by atoms with E-state index in [0.29, 0.717) is 0 Å². The number of unbranched alkanes of at least 4 members (excludes halogenated alkanes) is 2. The van der Waals surface area contributed by atoms with Crippen LogP contribution in [0.5, 0.6) is 0 Å².